The number of rotatable bonds is 3. The average Bonchev–Trinajstić information content (AvgIpc) is 2.21. The first-order chi connectivity index (χ1) is 7.43. The number of aliphatic carboxylic acids is 1. The number of carboxylic acids is 1. The van der Waals surface area contributed by atoms with Crippen LogP contribution in [0.3, 0.4) is 0 Å². The van der Waals surface area contributed by atoms with E-state index in [-0.39, 0.29) is 6.42 Å². The van der Waals surface area contributed by atoms with Crippen molar-refractivity contribution in [3.63, 3.8) is 0 Å². The Hall–Kier alpha value is -1.92. The number of Topliss-reactive ketones (excluding diaryl/α,β-unsaturated/α-hetero) is 1. The lowest BCUT2D eigenvalue weighted by Gasteiger charge is -2.27. The molecule has 1 rings (SSSR count). The lowest BCUT2D eigenvalue weighted by molar-refractivity contribution is -0.151. The summed E-state index contributed by atoms with van der Waals surface area (Å²) in [6.07, 6.45) is 0.118. The third-order valence-corrected chi connectivity index (χ3v) is 2.31. The van der Waals surface area contributed by atoms with Crippen molar-refractivity contribution in [1.82, 2.24) is 10.2 Å². The Morgan fingerprint density at radius 2 is 2.12 bits per heavy atom. The summed E-state index contributed by atoms with van der Waals surface area (Å²) < 4.78 is 0. The minimum Gasteiger partial charge on any atom is -0.480 e. The van der Waals surface area contributed by atoms with E-state index in [4.69, 9.17) is 5.11 Å². The van der Waals surface area contributed by atoms with Crippen LogP contribution >= 0.6 is 0 Å². The second-order valence-electron chi connectivity index (χ2n) is 3.52. The molecule has 0 spiro atoms. The summed E-state index contributed by atoms with van der Waals surface area (Å²) in [6.45, 7) is -0.306. The Labute approximate surface area is 91.4 Å². The highest BCUT2D eigenvalue weighted by molar-refractivity contribution is 6.19. The van der Waals surface area contributed by atoms with Crippen molar-refractivity contribution in [2.24, 2.45) is 5.92 Å². The van der Waals surface area contributed by atoms with Gasteiger partial charge in [-0.2, -0.15) is 0 Å². The fraction of sp³-hybridized carbons (Fsp3) is 0.556. The Morgan fingerprint density at radius 1 is 1.50 bits per heavy atom. The maximum Gasteiger partial charge on any atom is 0.322 e. The molecule has 7 heteroatoms. The SMILES string of the molecule is CN1CCC(=O)C(C(=O)NCC(=O)O)C1=O. The molecule has 1 unspecified atom stereocenters. The van der Waals surface area contributed by atoms with Crippen LogP contribution in [0.15, 0.2) is 0 Å². The molecular weight excluding hydrogens is 216 g/mol. The van der Waals surface area contributed by atoms with Crippen LogP contribution in [-0.4, -0.2) is 53.7 Å². The van der Waals surface area contributed by atoms with Crippen LogP contribution in [0, 0.1) is 5.92 Å². The smallest absolute Gasteiger partial charge is 0.322 e. The molecule has 2 amide bonds. The maximum atomic E-state index is 11.5. The number of carboxylic acid groups (broad SMARTS) is 1. The minimum absolute atomic E-state index is 0.118. The molecule has 1 aliphatic heterocycles. The first-order valence-corrected chi connectivity index (χ1v) is 4.70. The number of carbonyl (C=O) groups is 4. The first-order valence-electron chi connectivity index (χ1n) is 4.70. The molecule has 1 saturated heterocycles. The number of hydrogen-bond acceptors (Lipinski definition) is 4. The highest BCUT2D eigenvalue weighted by Gasteiger charge is 2.39. The van der Waals surface area contributed by atoms with Crippen molar-refractivity contribution < 1.29 is 24.3 Å². The van der Waals surface area contributed by atoms with E-state index in [2.05, 4.69) is 0 Å². The van der Waals surface area contributed by atoms with Crippen LogP contribution < -0.4 is 5.32 Å². The van der Waals surface area contributed by atoms with Gasteiger partial charge in [0.2, 0.25) is 11.8 Å². The van der Waals surface area contributed by atoms with Crippen LogP contribution in [0.5, 0.6) is 0 Å². The van der Waals surface area contributed by atoms with E-state index in [9.17, 15) is 19.2 Å². The first kappa shape index (κ1) is 12.2. The molecule has 88 valence electrons. The number of ketones is 1. The molecule has 0 radical (unpaired) electrons. The van der Waals surface area contributed by atoms with Gasteiger partial charge in [-0.25, -0.2) is 0 Å². The van der Waals surface area contributed by atoms with Gasteiger partial charge in [-0.3, -0.25) is 19.2 Å². The summed E-state index contributed by atoms with van der Waals surface area (Å²) in [4.78, 5) is 45.8. The lowest BCUT2D eigenvalue weighted by Crippen LogP contribution is -2.51. The van der Waals surface area contributed by atoms with Gasteiger partial charge in [0.25, 0.3) is 0 Å². The van der Waals surface area contributed by atoms with Gasteiger partial charge in [0, 0.05) is 20.0 Å². The molecule has 1 aliphatic rings. The molecule has 0 bridgehead atoms. The van der Waals surface area contributed by atoms with E-state index in [0.717, 1.165) is 0 Å². The predicted molar refractivity (Wildman–Crippen MR) is 51.4 cm³/mol. The van der Waals surface area contributed by atoms with Gasteiger partial charge in [-0.1, -0.05) is 0 Å². The van der Waals surface area contributed by atoms with Gasteiger partial charge in [-0.05, 0) is 0 Å². The third kappa shape index (κ3) is 2.56. The molecule has 0 aromatic heterocycles. The second-order valence-corrected chi connectivity index (χ2v) is 3.52. The number of carbonyl (C=O) groups excluding carboxylic acids is 3. The van der Waals surface area contributed by atoms with Crippen molar-refractivity contribution >= 4 is 23.6 Å². The van der Waals surface area contributed by atoms with Crippen LogP contribution in [-0.2, 0) is 19.2 Å². The Bertz CT molecular complexity index is 352. The summed E-state index contributed by atoms with van der Waals surface area (Å²) in [5, 5.41) is 10.4. The molecule has 0 saturated carbocycles. The summed E-state index contributed by atoms with van der Waals surface area (Å²) in [6, 6.07) is 0. The van der Waals surface area contributed by atoms with Gasteiger partial charge < -0.3 is 15.3 Å². The van der Waals surface area contributed by atoms with E-state index >= 15 is 0 Å². The van der Waals surface area contributed by atoms with Crippen molar-refractivity contribution in [3.8, 4) is 0 Å². The third-order valence-electron chi connectivity index (χ3n) is 2.31. The number of hydrogen-bond donors (Lipinski definition) is 2. The van der Waals surface area contributed by atoms with E-state index in [1.165, 1.54) is 11.9 Å². The maximum absolute atomic E-state index is 11.5. The highest BCUT2D eigenvalue weighted by atomic mass is 16.4. The molecule has 0 aromatic rings. The number of nitrogens with one attached hydrogen (secondary N) is 1. The zero-order chi connectivity index (χ0) is 12.3. The highest BCUT2D eigenvalue weighted by Crippen LogP contribution is 2.13. The topological polar surface area (TPSA) is 104 Å². The van der Waals surface area contributed by atoms with E-state index in [0.29, 0.717) is 6.54 Å². The molecule has 1 fully saturated rings. The summed E-state index contributed by atoms with van der Waals surface area (Å²) in [5.74, 6) is -4.51. The zero-order valence-electron chi connectivity index (χ0n) is 8.73. The second kappa shape index (κ2) is 4.73. The van der Waals surface area contributed by atoms with Crippen molar-refractivity contribution in [2.45, 2.75) is 6.42 Å². The molecular formula is C9H12N2O5. The summed E-state index contributed by atoms with van der Waals surface area (Å²) in [5.41, 5.74) is 0. The number of piperidine rings is 1. The summed E-state index contributed by atoms with van der Waals surface area (Å²) in [7, 11) is 1.49. The molecule has 16 heavy (non-hydrogen) atoms. The van der Waals surface area contributed by atoms with E-state index in [1.54, 1.807) is 0 Å². The Kier molecular flexibility index (Phi) is 3.60. The normalized spacial score (nSPS) is 20.8. The Morgan fingerprint density at radius 3 is 2.69 bits per heavy atom. The number of likely N-dealkylation sites (tertiary alicyclic amines) is 1. The van der Waals surface area contributed by atoms with Crippen LogP contribution in [0.1, 0.15) is 6.42 Å². The van der Waals surface area contributed by atoms with Crippen molar-refractivity contribution in [3.05, 3.63) is 0 Å². The minimum atomic E-state index is -1.39. The monoisotopic (exact) mass is 228 g/mol. The molecule has 2 N–H and O–H groups in total. The number of nitrogens with zero attached hydrogens (tertiary/aromatic N) is 1. The number of amides is 2. The van der Waals surface area contributed by atoms with Gasteiger partial charge in [0.15, 0.2) is 11.7 Å². The van der Waals surface area contributed by atoms with Crippen molar-refractivity contribution in [2.75, 3.05) is 20.1 Å². The fourth-order valence-electron chi connectivity index (χ4n) is 1.41. The molecule has 0 aliphatic carbocycles. The molecule has 1 atom stereocenters. The van der Waals surface area contributed by atoms with Gasteiger partial charge in [0.1, 0.15) is 6.54 Å². The van der Waals surface area contributed by atoms with Gasteiger partial charge in [-0.15, -0.1) is 0 Å². The Balaban J connectivity index is 2.68. The average molecular weight is 228 g/mol. The van der Waals surface area contributed by atoms with Gasteiger partial charge in [0.05, 0.1) is 0 Å². The lowest BCUT2D eigenvalue weighted by atomic mass is 9.95. The standard InChI is InChI=1S/C9H12N2O5/c1-11-3-2-5(12)7(9(11)16)8(15)10-4-6(13)14/h7H,2-4H2,1H3,(H,10,15)(H,13,14). The van der Waals surface area contributed by atoms with Crippen LogP contribution in [0.4, 0.5) is 0 Å². The quantitative estimate of drug-likeness (QED) is 0.556. The van der Waals surface area contributed by atoms with Crippen LogP contribution in [0.25, 0.3) is 0 Å². The summed E-state index contributed by atoms with van der Waals surface area (Å²) >= 11 is 0. The van der Waals surface area contributed by atoms with Crippen LogP contribution in [0.2, 0.25) is 0 Å². The largest absolute Gasteiger partial charge is 0.480 e. The molecule has 7 nitrogen and oxygen atoms in total. The predicted octanol–water partition coefficient (Wildman–Crippen LogP) is -1.77. The van der Waals surface area contributed by atoms with E-state index < -0.39 is 36.0 Å². The zero-order valence-corrected chi connectivity index (χ0v) is 8.73. The fourth-order valence-corrected chi connectivity index (χ4v) is 1.41. The molecule has 1 heterocycles. The van der Waals surface area contributed by atoms with E-state index in [1.807, 2.05) is 5.32 Å². The van der Waals surface area contributed by atoms with Crippen molar-refractivity contribution in [1.29, 1.82) is 0 Å². The van der Waals surface area contributed by atoms with Gasteiger partial charge >= 0.3 is 5.97 Å². The molecule has 0 aromatic carbocycles.